The number of hydrogen-bond acceptors (Lipinski definition) is 5. The van der Waals surface area contributed by atoms with Crippen LogP contribution >= 0.6 is 0 Å². The van der Waals surface area contributed by atoms with Crippen molar-refractivity contribution >= 4 is 5.91 Å². The summed E-state index contributed by atoms with van der Waals surface area (Å²) in [4.78, 5) is 12.6. The van der Waals surface area contributed by atoms with E-state index in [4.69, 9.17) is 0 Å². The second-order valence-corrected chi connectivity index (χ2v) is 19.9. The van der Waals surface area contributed by atoms with Gasteiger partial charge in [-0.05, 0) is 89.9 Å². The zero-order chi connectivity index (χ0) is 48.8. The van der Waals surface area contributed by atoms with Crippen molar-refractivity contribution in [3.8, 4) is 0 Å². The molecule has 0 heterocycles. The molecule has 4 atom stereocenters. The molecule has 0 saturated heterocycles. The van der Waals surface area contributed by atoms with Crippen molar-refractivity contribution < 1.29 is 25.2 Å². The van der Waals surface area contributed by atoms with Gasteiger partial charge in [-0.25, -0.2) is 0 Å². The molecule has 67 heavy (non-hydrogen) atoms. The Hall–Kier alpha value is -1.99. The quantitative estimate of drug-likeness (QED) is 0.0308. The van der Waals surface area contributed by atoms with E-state index >= 15 is 0 Å². The molecule has 6 nitrogen and oxygen atoms in total. The van der Waals surface area contributed by atoms with Gasteiger partial charge in [0.15, 0.2) is 0 Å². The summed E-state index contributed by atoms with van der Waals surface area (Å²) in [7, 11) is 0. The lowest BCUT2D eigenvalue weighted by molar-refractivity contribution is -0.132. The van der Waals surface area contributed by atoms with E-state index in [9.17, 15) is 25.2 Å². The standard InChI is InChI=1S/C61H113NO5/c1-3-5-7-9-11-13-15-17-19-21-23-25-26-27-28-29-30-31-32-33-34-35-37-38-40-42-44-46-48-50-52-54-58(64)60(66)57(56-63)62-61(67)59(65)55-53-51-49-47-45-43-41-39-36-24-22-20-18-16-14-12-10-8-6-4-2/h6,8,12,14,33-34,38,40,46,48,57-60,63-66H,3-5,7,9-11,13,15-32,35-37,39,41-45,47,49-56H2,1-2H3,(H,62,67)/b8-6-,14-12-,34-33+,40-38+,48-46+. The summed E-state index contributed by atoms with van der Waals surface area (Å²) in [6, 6.07) is -1.02. The number of rotatable bonds is 53. The maximum atomic E-state index is 12.6. The fourth-order valence-corrected chi connectivity index (χ4v) is 8.89. The molecule has 0 fully saturated rings. The fourth-order valence-electron chi connectivity index (χ4n) is 8.89. The van der Waals surface area contributed by atoms with E-state index in [0.717, 1.165) is 64.2 Å². The van der Waals surface area contributed by atoms with Gasteiger partial charge in [-0.3, -0.25) is 4.79 Å². The van der Waals surface area contributed by atoms with Crippen LogP contribution in [0.5, 0.6) is 0 Å². The van der Waals surface area contributed by atoms with E-state index in [1.54, 1.807) is 0 Å². The number of unbranched alkanes of at least 4 members (excludes halogenated alkanes) is 34. The van der Waals surface area contributed by atoms with Crippen molar-refractivity contribution in [2.45, 2.75) is 314 Å². The molecule has 0 spiro atoms. The van der Waals surface area contributed by atoms with Gasteiger partial charge in [0, 0.05) is 0 Å². The van der Waals surface area contributed by atoms with Crippen LogP contribution in [0.4, 0.5) is 0 Å². The molecule has 0 aliphatic carbocycles. The number of aliphatic hydroxyl groups is 4. The molecular formula is C61H113NO5. The van der Waals surface area contributed by atoms with Gasteiger partial charge in [0.1, 0.15) is 12.2 Å². The van der Waals surface area contributed by atoms with Crippen LogP contribution in [0.3, 0.4) is 0 Å². The molecule has 0 bridgehead atoms. The van der Waals surface area contributed by atoms with Gasteiger partial charge >= 0.3 is 0 Å². The number of aliphatic hydroxyl groups excluding tert-OH is 4. The molecule has 0 aromatic rings. The number of allylic oxidation sites excluding steroid dienone is 10. The largest absolute Gasteiger partial charge is 0.394 e. The highest BCUT2D eigenvalue weighted by Crippen LogP contribution is 2.17. The molecule has 0 radical (unpaired) electrons. The van der Waals surface area contributed by atoms with E-state index in [2.05, 4.69) is 79.9 Å². The minimum Gasteiger partial charge on any atom is -0.394 e. The van der Waals surface area contributed by atoms with E-state index in [1.165, 1.54) is 193 Å². The van der Waals surface area contributed by atoms with Crippen molar-refractivity contribution in [3.05, 3.63) is 60.8 Å². The van der Waals surface area contributed by atoms with Gasteiger partial charge < -0.3 is 25.7 Å². The maximum Gasteiger partial charge on any atom is 0.249 e. The molecule has 4 unspecified atom stereocenters. The first-order valence-electron chi connectivity index (χ1n) is 29.2. The molecule has 5 N–H and O–H groups in total. The van der Waals surface area contributed by atoms with Gasteiger partial charge in [-0.15, -0.1) is 0 Å². The molecule has 0 saturated carbocycles. The second kappa shape index (κ2) is 54.9. The second-order valence-electron chi connectivity index (χ2n) is 19.9. The van der Waals surface area contributed by atoms with Crippen molar-refractivity contribution in [3.63, 3.8) is 0 Å². The minimum atomic E-state index is -1.30. The zero-order valence-electron chi connectivity index (χ0n) is 44.4. The monoisotopic (exact) mass is 940 g/mol. The van der Waals surface area contributed by atoms with Crippen LogP contribution in [0.2, 0.25) is 0 Å². The van der Waals surface area contributed by atoms with Crippen LogP contribution in [0, 0.1) is 0 Å². The molecule has 0 aromatic heterocycles. The third-order valence-corrected chi connectivity index (χ3v) is 13.4. The summed E-state index contributed by atoms with van der Waals surface area (Å²) in [5, 5.41) is 44.0. The maximum absolute atomic E-state index is 12.6. The van der Waals surface area contributed by atoms with E-state index in [1.807, 2.05) is 0 Å². The average Bonchev–Trinajstić information content (AvgIpc) is 3.33. The Kier molecular flexibility index (Phi) is 53.3. The van der Waals surface area contributed by atoms with E-state index < -0.39 is 36.9 Å². The molecule has 0 aromatic carbocycles. The van der Waals surface area contributed by atoms with Crippen molar-refractivity contribution in [2.75, 3.05) is 6.61 Å². The van der Waals surface area contributed by atoms with Crippen LogP contribution in [-0.4, -0.2) is 57.3 Å². The van der Waals surface area contributed by atoms with Crippen molar-refractivity contribution in [2.24, 2.45) is 0 Å². The smallest absolute Gasteiger partial charge is 0.249 e. The number of amides is 1. The molecule has 0 aliphatic rings. The topological polar surface area (TPSA) is 110 Å². The minimum absolute atomic E-state index is 0.356. The first-order chi connectivity index (χ1) is 33.0. The Balaban J connectivity index is 3.69. The van der Waals surface area contributed by atoms with Crippen molar-refractivity contribution in [1.29, 1.82) is 0 Å². The zero-order valence-corrected chi connectivity index (χ0v) is 44.4. The van der Waals surface area contributed by atoms with Crippen LogP contribution in [0.15, 0.2) is 60.8 Å². The summed E-state index contributed by atoms with van der Waals surface area (Å²) in [5.41, 5.74) is 0. The summed E-state index contributed by atoms with van der Waals surface area (Å²) in [5.74, 6) is -0.600. The normalized spacial score (nSPS) is 14.2. The number of hydrogen-bond donors (Lipinski definition) is 5. The first kappa shape index (κ1) is 65.0. The van der Waals surface area contributed by atoms with E-state index in [0.29, 0.717) is 19.3 Å². The van der Waals surface area contributed by atoms with Gasteiger partial charge in [-0.1, -0.05) is 261 Å². The van der Waals surface area contributed by atoms with Crippen LogP contribution in [0.1, 0.15) is 290 Å². The Morgan fingerprint density at radius 3 is 1.10 bits per heavy atom. The number of carbonyl (C=O) groups excluding carboxylic acids is 1. The Morgan fingerprint density at radius 2 is 0.716 bits per heavy atom. The highest BCUT2D eigenvalue weighted by Gasteiger charge is 2.28. The highest BCUT2D eigenvalue weighted by atomic mass is 16.3. The van der Waals surface area contributed by atoms with E-state index in [-0.39, 0.29) is 0 Å². The Bertz CT molecular complexity index is 1150. The summed E-state index contributed by atoms with van der Waals surface area (Å²) in [6.45, 7) is 3.96. The van der Waals surface area contributed by atoms with Crippen LogP contribution in [0.25, 0.3) is 0 Å². The average molecular weight is 941 g/mol. The molecule has 0 rings (SSSR count). The molecule has 0 aliphatic heterocycles. The lowest BCUT2D eigenvalue weighted by Gasteiger charge is -2.27. The van der Waals surface area contributed by atoms with Gasteiger partial charge in [0.25, 0.3) is 0 Å². The summed E-state index contributed by atoms with van der Waals surface area (Å²) >= 11 is 0. The molecule has 1 amide bonds. The van der Waals surface area contributed by atoms with Gasteiger partial charge in [0.2, 0.25) is 5.91 Å². The Labute approximate surface area is 416 Å². The number of nitrogens with one attached hydrogen (secondary N) is 1. The molecular weight excluding hydrogens is 827 g/mol. The summed E-state index contributed by atoms with van der Waals surface area (Å²) in [6.07, 6.45) is 71.6. The SMILES string of the molecule is CC/C=C\C/C=C\CCCCCCCCCCCCCCCC(O)C(=O)NC(CO)C(O)C(O)CCC/C=C/CC/C=C/CC/C=C/CCCCCCCCCCCCCCCCCCCC. The van der Waals surface area contributed by atoms with Gasteiger partial charge in [0.05, 0.1) is 18.8 Å². The van der Waals surface area contributed by atoms with Crippen LogP contribution < -0.4 is 5.32 Å². The predicted molar refractivity (Wildman–Crippen MR) is 293 cm³/mol. The first-order valence-corrected chi connectivity index (χ1v) is 29.2. The lowest BCUT2D eigenvalue weighted by Crippen LogP contribution is -2.53. The fraction of sp³-hybridized carbons (Fsp3) is 0.820. The van der Waals surface area contributed by atoms with Crippen LogP contribution in [-0.2, 0) is 4.79 Å². The summed E-state index contributed by atoms with van der Waals surface area (Å²) < 4.78 is 0. The van der Waals surface area contributed by atoms with Gasteiger partial charge in [-0.2, -0.15) is 0 Å². The molecule has 392 valence electrons. The lowest BCUT2D eigenvalue weighted by atomic mass is 10.00. The molecule has 6 heteroatoms. The number of carbonyl (C=O) groups is 1. The Morgan fingerprint density at radius 1 is 0.388 bits per heavy atom. The third kappa shape index (κ3) is 48.8. The highest BCUT2D eigenvalue weighted by molar-refractivity contribution is 5.80. The predicted octanol–water partition coefficient (Wildman–Crippen LogP) is 17.1. The van der Waals surface area contributed by atoms with Crippen molar-refractivity contribution in [1.82, 2.24) is 5.32 Å². The third-order valence-electron chi connectivity index (χ3n) is 13.4.